The van der Waals surface area contributed by atoms with Gasteiger partial charge in [-0.3, -0.25) is 14.6 Å². The summed E-state index contributed by atoms with van der Waals surface area (Å²) >= 11 is 12.3. The smallest absolute Gasteiger partial charge is 0.237 e. The van der Waals surface area contributed by atoms with Crippen molar-refractivity contribution in [1.29, 1.82) is 0 Å². The molecule has 0 radical (unpaired) electrons. The van der Waals surface area contributed by atoms with Gasteiger partial charge in [-0.15, -0.1) is 0 Å². The number of benzene rings is 1. The summed E-state index contributed by atoms with van der Waals surface area (Å²) in [7, 11) is 0. The van der Waals surface area contributed by atoms with E-state index >= 15 is 0 Å². The molecular weight excluding hydrogens is 495 g/mol. The quantitative estimate of drug-likeness (QED) is 0.460. The Hall–Kier alpha value is -2.15. The molecule has 4 saturated carbocycles. The van der Waals surface area contributed by atoms with E-state index in [1.165, 1.54) is 0 Å². The van der Waals surface area contributed by atoms with Gasteiger partial charge in [-0.1, -0.05) is 43.1 Å². The van der Waals surface area contributed by atoms with E-state index < -0.39 is 6.04 Å². The van der Waals surface area contributed by atoms with Crippen molar-refractivity contribution < 1.29 is 9.59 Å². The second kappa shape index (κ2) is 9.62. The van der Waals surface area contributed by atoms with E-state index in [0.29, 0.717) is 34.3 Å². The fourth-order valence-corrected chi connectivity index (χ4v) is 7.54. The Morgan fingerprint density at radius 3 is 2.39 bits per heavy atom. The third-order valence-electron chi connectivity index (χ3n) is 8.89. The number of pyridine rings is 1. The van der Waals surface area contributed by atoms with Crippen LogP contribution in [0.5, 0.6) is 0 Å². The summed E-state index contributed by atoms with van der Waals surface area (Å²) in [6.45, 7) is 4.57. The third kappa shape index (κ3) is 4.75. The summed E-state index contributed by atoms with van der Waals surface area (Å²) in [6, 6.07) is 8.63. The number of nitrogens with one attached hydrogen (secondary N) is 2. The van der Waals surface area contributed by atoms with Crippen molar-refractivity contribution in [1.82, 2.24) is 10.3 Å². The minimum atomic E-state index is -0.579. The van der Waals surface area contributed by atoms with Crippen LogP contribution >= 0.6 is 23.2 Å². The highest BCUT2D eigenvalue weighted by Gasteiger charge is 2.60. The average Bonchev–Trinajstić information content (AvgIpc) is 2.84. The summed E-state index contributed by atoms with van der Waals surface area (Å²) in [4.78, 5) is 30.7. The van der Waals surface area contributed by atoms with Crippen LogP contribution in [-0.4, -0.2) is 29.4 Å². The Kier molecular flexibility index (Phi) is 6.81. The molecule has 2 aromatic rings. The number of nitrogens with zero attached hydrogens (tertiary/aromatic N) is 1. The van der Waals surface area contributed by atoms with Gasteiger partial charge >= 0.3 is 0 Å². The molecule has 4 aliphatic carbocycles. The van der Waals surface area contributed by atoms with Crippen molar-refractivity contribution in [2.75, 3.05) is 11.9 Å². The second-order valence-corrected chi connectivity index (χ2v) is 12.6. The lowest BCUT2D eigenvalue weighted by molar-refractivity contribution is -0.151. The standard InChI is InChI=1S/C28H34Cl2N4O2/c1-27(2,19-3-4-21(29)22(30)11-19)15-33-25(35)24(31)23-17-9-16-10-18(23)14-28(12-16,13-17)26(36)34-20-5-7-32-8-6-20/h3-8,11,16-18,23-24H,9-10,12-15,31H2,1-2H3,(H,33,35)(H,32,34,36). The molecule has 1 aromatic carbocycles. The van der Waals surface area contributed by atoms with Crippen LogP contribution in [-0.2, 0) is 15.0 Å². The first kappa shape index (κ1) is 25.5. The molecule has 4 N–H and O–H groups in total. The molecule has 6 nitrogen and oxygen atoms in total. The number of carbonyl (C=O) groups excluding carboxylic acids is 2. The van der Waals surface area contributed by atoms with Gasteiger partial charge in [0.05, 0.1) is 21.5 Å². The van der Waals surface area contributed by atoms with Crippen LogP contribution in [0.4, 0.5) is 5.69 Å². The molecule has 0 saturated heterocycles. The Morgan fingerprint density at radius 1 is 1.08 bits per heavy atom. The molecule has 6 rings (SSSR count). The van der Waals surface area contributed by atoms with E-state index in [1.54, 1.807) is 18.5 Å². The molecule has 4 bridgehead atoms. The number of aromatic nitrogens is 1. The van der Waals surface area contributed by atoms with E-state index in [1.807, 2.05) is 24.3 Å². The fourth-order valence-electron chi connectivity index (χ4n) is 7.25. The molecule has 1 aromatic heterocycles. The molecule has 1 heterocycles. The monoisotopic (exact) mass is 528 g/mol. The summed E-state index contributed by atoms with van der Waals surface area (Å²) in [5.74, 6) is 1.22. The number of rotatable bonds is 7. The molecule has 4 fully saturated rings. The van der Waals surface area contributed by atoms with Crippen LogP contribution in [0.25, 0.3) is 0 Å². The number of nitrogens with two attached hydrogens (primary N) is 1. The predicted octanol–water partition coefficient (Wildman–Crippen LogP) is 5.19. The van der Waals surface area contributed by atoms with Gasteiger partial charge in [0.2, 0.25) is 11.8 Å². The SMILES string of the molecule is CC(C)(CNC(=O)C(N)C1C2CC3CC1CC(C(=O)Nc1ccncc1)(C3)C2)c1ccc(Cl)c(Cl)c1. The van der Waals surface area contributed by atoms with Crippen molar-refractivity contribution >= 4 is 40.7 Å². The van der Waals surface area contributed by atoms with Crippen molar-refractivity contribution in [2.45, 2.75) is 57.4 Å². The van der Waals surface area contributed by atoms with E-state index in [4.69, 9.17) is 28.9 Å². The summed E-state index contributed by atoms with van der Waals surface area (Å²) in [5.41, 5.74) is 7.73. The maximum absolute atomic E-state index is 13.4. The number of hydrogen-bond acceptors (Lipinski definition) is 4. The number of hydrogen-bond donors (Lipinski definition) is 3. The molecule has 0 aliphatic heterocycles. The molecular formula is C28H34Cl2N4O2. The van der Waals surface area contributed by atoms with Crippen LogP contribution < -0.4 is 16.4 Å². The zero-order valence-corrected chi connectivity index (χ0v) is 22.3. The lowest BCUT2D eigenvalue weighted by Gasteiger charge is -2.60. The zero-order chi connectivity index (χ0) is 25.7. The number of amides is 2. The van der Waals surface area contributed by atoms with E-state index in [0.717, 1.165) is 43.4 Å². The Bertz CT molecular complexity index is 1140. The lowest BCUT2D eigenvalue weighted by atomic mass is 9.45. The molecule has 3 atom stereocenters. The maximum atomic E-state index is 13.4. The third-order valence-corrected chi connectivity index (χ3v) is 9.63. The van der Waals surface area contributed by atoms with Crippen LogP contribution in [0.15, 0.2) is 42.7 Å². The first-order chi connectivity index (χ1) is 17.1. The van der Waals surface area contributed by atoms with E-state index in [2.05, 4.69) is 29.5 Å². The minimum absolute atomic E-state index is 0.105. The molecule has 0 spiro atoms. The highest BCUT2D eigenvalue weighted by molar-refractivity contribution is 6.42. The van der Waals surface area contributed by atoms with Crippen molar-refractivity contribution in [3.63, 3.8) is 0 Å². The van der Waals surface area contributed by atoms with Gasteiger partial charge in [0.1, 0.15) is 0 Å². The minimum Gasteiger partial charge on any atom is -0.354 e. The van der Waals surface area contributed by atoms with Gasteiger partial charge in [0.25, 0.3) is 0 Å². The van der Waals surface area contributed by atoms with Crippen LogP contribution in [0.1, 0.15) is 51.5 Å². The molecule has 36 heavy (non-hydrogen) atoms. The van der Waals surface area contributed by atoms with Gasteiger partial charge in [0, 0.05) is 30.0 Å². The summed E-state index contributed by atoms with van der Waals surface area (Å²) < 4.78 is 0. The van der Waals surface area contributed by atoms with Gasteiger partial charge in [-0.05, 0) is 85.6 Å². The molecule has 8 heteroatoms. The van der Waals surface area contributed by atoms with Gasteiger partial charge < -0.3 is 16.4 Å². The van der Waals surface area contributed by atoms with E-state index in [-0.39, 0.29) is 28.6 Å². The normalized spacial score (nSPS) is 29.6. The van der Waals surface area contributed by atoms with Crippen LogP contribution in [0.2, 0.25) is 10.0 Å². The van der Waals surface area contributed by atoms with Crippen molar-refractivity contribution in [3.8, 4) is 0 Å². The highest BCUT2D eigenvalue weighted by atomic mass is 35.5. The fraction of sp³-hybridized carbons (Fsp3) is 0.536. The van der Waals surface area contributed by atoms with Crippen molar-refractivity contribution in [2.24, 2.45) is 34.8 Å². The zero-order valence-electron chi connectivity index (χ0n) is 20.8. The largest absolute Gasteiger partial charge is 0.354 e. The Balaban J connectivity index is 1.24. The van der Waals surface area contributed by atoms with Crippen LogP contribution in [0, 0.1) is 29.1 Å². The topological polar surface area (TPSA) is 97.1 Å². The number of carbonyl (C=O) groups is 2. The summed E-state index contributed by atoms with van der Waals surface area (Å²) in [6.07, 6.45) is 8.03. The second-order valence-electron chi connectivity index (χ2n) is 11.8. The first-order valence-electron chi connectivity index (χ1n) is 12.8. The number of anilines is 1. The molecule has 4 aliphatic rings. The number of halogens is 2. The summed E-state index contributed by atoms with van der Waals surface area (Å²) in [5, 5.41) is 7.23. The Labute approximate surface area is 222 Å². The Morgan fingerprint density at radius 2 is 1.75 bits per heavy atom. The molecule has 3 unspecified atom stereocenters. The van der Waals surface area contributed by atoms with Gasteiger partial charge in [-0.25, -0.2) is 0 Å². The maximum Gasteiger partial charge on any atom is 0.237 e. The lowest BCUT2D eigenvalue weighted by Crippen LogP contribution is -2.61. The average molecular weight is 530 g/mol. The van der Waals surface area contributed by atoms with Gasteiger partial charge in [0.15, 0.2) is 0 Å². The predicted molar refractivity (Wildman–Crippen MR) is 143 cm³/mol. The molecule has 192 valence electrons. The van der Waals surface area contributed by atoms with Gasteiger partial charge in [-0.2, -0.15) is 0 Å². The van der Waals surface area contributed by atoms with Crippen molar-refractivity contribution in [3.05, 3.63) is 58.3 Å². The highest BCUT2D eigenvalue weighted by Crippen LogP contribution is 2.63. The first-order valence-corrected chi connectivity index (χ1v) is 13.5. The molecule has 2 amide bonds. The van der Waals surface area contributed by atoms with Crippen LogP contribution in [0.3, 0.4) is 0 Å². The van der Waals surface area contributed by atoms with E-state index in [9.17, 15) is 9.59 Å².